The molecule has 1 aliphatic rings. The number of hydrogen-bond donors (Lipinski definition) is 2. The maximum absolute atomic E-state index is 13.4. The molecule has 1 amide bonds. The summed E-state index contributed by atoms with van der Waals surface area (Å²) in [5, 5.41) is 12.3. The zero-order chi connectivity index (χ0) is 26.5. The van der Waals surface area contributed by atoms with Crippen LogP contribution in [-0.4, -0.2) is 21.6 Å². The number of nitrogens with zero attached hydrogens (tertiary/aromatic N) is 1. The van der Waals surface area contributed by atoms with E-state index >= 15 is 0 Å². The largest absolute Gasteiger partial charge is 0.478 e. The first kappa shape index (κ1) is 24.6. The molecule has 4 aromatic rings. The molecule has 0 spiro atoms. The minimum atomic E-state index is -4.49. The van der Waals surface area contributed by atoms with Gasteiger partial charge in [0.25, 0.3) is 5.91 Å². The Hall–Kier alpha value is -4.05. The van der Waals surface area contributed by atoms with Gasteiger partial charge >= 0.3 is 17.9 Å². The molecular weight excluding hydrogens is 513 g/mol. The number of halogens is 4. The van der Waals surface area contributed by atoms with Crippen LogP contribution in [0, 0.1) is 0 Å². The topological polar surface area (TPSA) is 102 Å². The lowest BCUT2D eigenvalue weighted by Crippen LogP contribution is -2.35. The third-order valence-electron chi connectivity index (χ3n) is 6.38. The summed E-state index contributed by atoms with van der Waals surface area (Å²) in [6.07, 6.45) is -3.25. The molecule has 1 heterocycles. The van der Waals surface area contributed by atoms with Crippen molar-refractivity contribution in [2.75, 3.05) is 0 Å². The minimum absolute atomic E-state index is 0.0604. The van der Waals surface area contributed by atoms with E-state index < -0.39 is 34.9 Å². The van der Waals surface area contributed by atoms with E-state index in [2.05, 4.69) is 5.32 Å². The number of rotatable bonds is 6. The van der Waals surface area contributed by atoms with Crippen LogP contribution in [0.1, 0.15) is 50.2 Å². The predicted molar refractivity (Wildman–Crippen MR) is 128 cm³/mol. The van der Waals surface area contributed by atoms with Crippen molar-refractivity contribution in [3.05, 3.63) is 104 Å². The molecule has 7 nitrogen and oxygen atoms in total. The van der Waals surface area contributed by atoms with Gasteiger partial charge in [-0.1, -0.05) is 35.9 Å². The molecule has 0 aliphatic heterocycles. The number of aromatic carboxylic acids is 1. The van der Waals surface area contributed by atoms with Crippen molar-refractivity contribution in [3.63, 3.8) is 0 Å². The molecule has 2 N–H and O–H groups in total. The number of hydrogen-bond acceptors (Lipinski definition) is 4. The molecule has 0 radical (unpaired) electrons. The molecule has 37 heavy (non-hydrogen) atoms. The van der Waals surface area contributed by atoms with E-state index in [4.69, 9.17) is 21.1 Å². The molecule has 5 rings (SSSR count). The lowest BCUT2D eigenvalue weighted by molar-refractivity contribution is -0.137. The zero-order valence-electron chi connectivity index (χ0n) is 18.9. The van der Waals surface area contributed by atoms with E-state index in [0.717, 1.165) is 17.7 Å². The summed E-state index contributed by atoms with van der Waals surface area (Å²) in [5.74, 6) is -2.39. The Balaban J connectivity index is 1.49. The average molecular weight is 531 g/mol. The van der Waals surface area contributed by atoms with Gasteiger partial charge in [0, 0.05) is 11.1 Å². The Morgan fingerprint density at radius 2 is 1.70 bits per heavy atom. The number of carbonyl (C=O) groups excluding carboxylic acids is 1. The van der Waals surface area contributed by atoms with E-state index in [0.29, 0.717) is 18.4 Å². The molecule has 3 aromatic carbocycles. The van der Waals surface area contributed by atoms with Gasteiger partial charge in [0.1, 0.15) is 5.52 Å². The summed E-state index contributed by atoms with van der Waals surface area (Å²) in [6.45, 7) is -0.131. The summed E-state index contributed by atoms with van der Waals surface area (Å²) >= 11 is 6.19. The molecule has 0 saturated heterocycles. The third kappa shape index (κ3) is 4.72. The van der Waals surface area contributed by atoms with Crippen LogP contribution >= 0.6 is 11.6 Å². The molecule has 1 aromatic heterocycles. The van der Waals surface area contributed by atoms with Crippen LogP contribution in [0.5, 0.6) is 0 Å². The van der Waals surface area contributed by atoms with Crippen LogP contribution in [0.3, 0.4) is 0 Å². The van der Waals surface area contributed by atoms with Crippen molar-refractivity contribution in [2.24, 2.45) is 0 Å². The minimum Gasteiger partial charge on any atom is -0.478 e. The Kier molecular flexibility index (Phi) is 5.86. The second-order valence-corrected chi connectivity index (χ2v) is 9.30. The average Bonchev–Trinajstić information content (AvgIpc) is 3.56. The number of carbonyl (C=O) groups is 2. The molecule has 1 saturated carbocycles. The van der Waals surface area contributed by atoms with E-state index in [1.54, 1.807) is 12.1 Å². The van der Waals surface area contributed by atoms with Crippen LogP contribution < -0.4 is 11.1 Å². The highest BCUT2D eigenvalue weighted by Crippen LogP contribution is 2.46. The molecule has 0 atom stereocenters. The summed E-state index contributed by atoms with van der Waals surface area (Å²) in [7, 11) is 0. The molecule has 190 valence electrons. The van der Waals surface area contributed by atoms with Gasteiger partial charge < -0.3 is 14.8 Å². The highest BCUT2D eigenvalue weighted by molar-refractivity contribution is 6.32. The van der Waals surface area contributed by atoms with Crippen LogP contribution in [-0.2, 0) is 18.3 Å². The van der Waals surface area contributed by atoms with Crippen LogP contribution in [0.15, 0.2) is 69.9 Å². The zero-order valence-corrected chi connectivity index (χ0v) is 19.7. The molecular formula is C26H18ClF3N2O5. The number of benzene rings is 3. The number of carboxylic acids is 1. The smallest absolute Gasteiger partial charge is 0.420 e. The van der Waals surface area contributed by atoms with Gasteiger partial charge in [-0.3, -0.25) is 9.36 Å². The fourth-order valence-corrected chi connectivity index (χ4v) is 4.50. The molecule has 1 fully saturated rings. The number of nitrogens with one attached hydrogen (secondary N) is 1. The van der Waals surface area contributed by atoms with Crippen LogP contribution in [0.25, 0.3) is 11.1 Å². The van der Waals surface area contributed by atoms with Crippen molar-refractivity contribution in [3.8, 4) is 0 Å². The standard InChI is InChI=1S/C26H18ClF3N2O5/c27-18-11-19(22(33)31-25(9-10-25)16-7-3-15(4-8-16)23(34)35)21-20(12-18)37-24(36)32(21)13-14-1-5-17(6-2-14)26(28,29)30/h1-8,11-12H,9-10,13H2,(H,31,33)(H,34,35). The first-order chi connectivity index (χ1) is 17.5. The van der Waals surface area contributed by atoms with Gasteiger partial charge in [-0.25, -0.2) is 9.59 Å². The Labute approximate surface area is 212 Å². The van der Waals surface area contributed by atoms with Gasteiger partial charge in [0.05, 0.1) is 28.8 Å². The molecule has 0 bridgehead atoms. The number of fused-ring (bicyclic) bond motifs is 1. The number of amides is 1. The number of aromatic nitrogens is 1. The Morgan fingerprint density at radius 3 is 2.27 bits per heavy atom. The van der Waals surface area contributed by atoms with Gasteiger partial charge in [-0.15, -0.1) is 0 Å². The molecule has 0 unspecified atom stereocenters. The fraction of sp³-hybridized carbons (Fsp3) is 0.192. The Morgan fingerprint density at radius 1 is 1.05 bits per heavy atom. The highest BCUT2D eigenvalue weighted by atomic mass is 35.5. The van der Waals surface area contributed by atoms with E-state index in [-0.39, 0.29) is 33.8 Å². The lowest BCUT2D eigenvalue weighted by Gasteiger charge is -2.19. The van der Waals surface area contributed by atoms with Crippen LogP contribution in [0.2, 0.25) is 5.02 Å². The second-order valence-electron chi connectivity index (χ2n) is 8.87. The van der Waals surface area contributed by atoms with Crippen molar-refractivity contribution in [2.45, 2.75) is 31.1 Å². The lowest BCUT2D eigenvalue weighted by atomic mass is 10.0. The summed E-state index contributed by atoms with van der Waals surface area (Å²) in [4.78, 5) is 37.2. The van der Waals surface area contributed by atoms with E-state index in [1.807, 2.05) is 0 Å². The normalized spacial score (nSPS) is 14.5. The number of alkyl halides is 3. The van der Waals surface area contributed by atoms with Crippen molar-refractivity contribution >= 4 is 34.6 Å². The first-order valence-electron chi connectivity index (χ1n) is 11.1. The van der Waals surface area contributed by atoms with Crippen molar-refractivity contribution in [1.82, 2.24) is 9.88 Å². The SMILES string of the molecule is O=C(O)c1ccc(C2(NC(=O)c3cc(Cl)cc4oc(=O)n(Cc5ccc(C(F)(F)F)cc5)c34)CC2)cc1. The third-order valence-corrected chi connectivity index (χ3v) is 6.60. The fourth-order valence-electron chi connectivity index (χ4n) is 4.30. The Bertz CT molecular complexity index is 1580. The molecule has 11 heteroatoms. The quantitative estimate of drug-likeness (QED) is 0.346. The van der Waals surface area contributed by atoms with Gasteiger partial charge in [-0.2, -0.15) is 13.2 Å². The van der Waals surface area contributed by atoms with E-state index in [9.17, 15) is 27.6 Å². The maximum Gasteiger partial charge on any atom is 0.420 e. The van der Waals surface area contributed by atoms with Crippen molar-refractivity contribution in [1.29, 1.82) is 0 Å². The summed E-state index contributed by atoms with van der Waals surface area (Å²) < 4.78 is 45.2. The summed E-state index contributed by atoms with van der Waals surface area (Å²) in [5.41, 5.74) is 0.00890. The number of oxazole rings is 1. The van der Waals surface area contributed by atoms with E-state index in [1.165, 1.54) is 41.0 Å². The van der Waals surface area contributed by atoms with Crippen molar-refractivity contribution < 1.29 is 32.3 Å². The number of carboxylic acid groups (broad SMARTS) is 1. The maximum atomic E-state index is 13.4. The monoisotopic (exact) mass is 530 g/mol. The van der Waals surface area contributed by atoms with Gasteiger partial charge in [-0.05, 0) is 54.3 Å². The van der Waals surface area contributed by atoms with Crippen LogP contribution in [0.4, 0.5) is 13.2 Å². The predicted octanol–water partition coefficient (Wildman–Crippen LogP) is 5.43. The van der Waals surface area contributed by atoms with Gasteiger partial charge in [0.15, 0.2) is 5.58 Å². The highest BCUT2D eigenvalue weighted by Gasteiger charge is 2.46. The summed E-state index contributed by atoms with van der Waals surface area (Å²) in [6, 6.07) is 13.3. The molecule has 1 aliphatic carbocycles. The first-order valence-corrected chi connectivity index (χ1v) is 11.5. The second kappa shape index (κ2) is 8.81. The van der Waals surface area contributed by atoms with Gasteiger partial charge in [0.2, 0.25) is 0 Å².